The van der Waals surface area contributed by atoms with Crippen LogP contribution in [0.15, 0.2) is 0 Å². The molecule has 0 saturated carbocycles. The van der Waals surface area contributed by atoms with Crippen LogP contribution in [0.2, 0.25) is 0 Å². The van der Waals surface area contributed by atoms with Crippen LogP contribution in [-0.2, 0) is 4.79 Å². The Balaban J connectivity index is 0. The summed E-state index contributed by atoms with van der Waals surface area (Å²) in [5.41, 5.74) is 0. The van der Waals surface area contributed by atoms with Crippen molar-refractivity contribution in [2.24, 2.45) is 0 Å². The van der Waals surface area contributed by atoms with Crippen LogP contribution in [0.3, 0.4) is 0 Å². The molecule has 0 saturated heterocycles. The molecule has 5 heteroatoms. The van der Waals surface area contributed by atoms with E-state index < -0.39 is 5.97 Å². The molecule has 1 atom stereocenters. The van der Waals surface area contributed by atoms with Gasteiger partial charge in [0.1, 0.15) is 6.23 Å². The molecule has 0 spiro atoms. The molecule has 0 aliphatic heterocycles. The molecule has 0 aromatic carbocycles. The van der Waals surface area contributed by atoms with Gasteiger partial charge in [0.05, 0.1) is 6.42 Å². The Hall–Kier alpha value is -0.650. The zero-order valence-electron chi connectivity index (χ0n) is 10.9. The van der Waals surface area contributed by atoms with Crippen molar-refractivity contribution in [3.05, 3.63) is 0 Å². The van der Waals surface area contributed by atoms with Crippen LogP contribution in [-0.4, -0.2) is 54.5 Å². The van der Waals surface area contributed by atoms with E-state index in [4.69, 9.17) is 10.2 Å². The lowest BCUT2D eigenvalue weighted by atomic mass is 10.4. The smallest absolute Gasteiger partial charge is 0.304 e. The molecule has 0 bridgehead atoms. The molecule has 0 amide bonds. The van der Waals surface area contributed by atoms with Gasteiger partial charge >= 0.3 is 5.97 Å². The second kappa shape index (κ2) is 12.4. The maximum Gasteiger partial charge on any atom is 0.304 e. The fourth-order valence-electron chi connectivity index (χ4n) is 0.862. The summed E-state index contributed by atoms with van der Waals surface area (Å²) in [5, 5.41) is 20.0. The van der Waals surface area contributed by atoms with Crippen LogP contribution < -0.4 is 5.32 Å². The van der Waals surface area contributed by atoms with Gasteiger partial charge in [0, 0.05) is 6.54 Å². The van der Waals surface area contributed by atoms with Gasteiger partial charge in [-0.1, -0.05) is 13.8 Å². The number of aliphatic carboxylic acids is 1. The topological polar surface area (TPSA) is 72.8 Å². The molecule has 0 aromatic heterocycles. The van der Waals surface area contributed by atoms with Gasteiger partial charge in [0.25, 0.3) is 0 Å². The molecule has 16 heavy (non-hydrogen) atoms. The molecule has 0 rings (SSSR count). The quantitative estimate of drug-likeness (QED) is 0.447. The van der Waals surface area contributed by atoms with E-state index in [9.17, 15) is 4.79 Å². The Morgan fingerprint density at radius 1 is 1.31 bits per heavy atom. The van der Waals surface area contributed by atoms with Gasteiger partial charge in [0.2, 0.25) is 0 Å². The summed E-state index contributed by atoms with van der Waals surface area (Å²) in [5.74, 6) is -0.737. The predicted octanol–water partition coefficient (Wildman–Crippen LogP) is 0.737. The minimum Gasteiger partial charge on any atom is -0.481 e. The molecule has 0 heterocycles. The van der Waals surface area contributed by atoms with E-state index in [1.165, 1.54) is 0 Å². The third-order valence-corrected chi connectivity index (χ3v) is 1.90. The molecule has 5 nitrogen and oxygen atoms in total. The molecule has 3 N–H and O–H groups in total. The third-order valence-electron chi connectivity index (χ3n) is 1.90. The number of carboxylic acid groups (broad SMARTS) is 1. The van der Waals surface area contributed by atoms with Gasteiger partial charge in [-0.2, -0.15) is 0 Å². The third kappa shape index (κ3) is 15.8. The van der Waals surface area contributed by atoms with E-state index in [0.29, 0.717) is 6.54 Å². The highest BCUT2D eigenvalue weighted by Crippen LogP contribution is 1.90. The summed E-state index contributed by atoms with van der Waals surface area (Å²) in [7, 11) is 3.71. The molecule has 0 aliphatic carbocycles. The predicted molar refractivity (Wildman–Crippen MR) is 65.4 cm³/mol. The van der Waals surface area contributed by atoms with Gasteiger partial charge in [-0.3, -0.25) is 9.69 Å². The number of hydrogen-bond acceptors (Lipinski definition) is 4. The lowest BCUT2D eigenvalue weighted by Gasteiger charge is -2.15. The lowest BCUT2D eigenvalue weighted by molar-refractivity contribution is -0.136. The number of carboxylic acids is 1. The lowest BCUT2D eigenvalue weighted by Crippen LogP contribution is -2.26. The number of nitrogens with one attached hydrogen (secondary N) is 1. The van der Waals surface area contributed by atoms with Crippen molar-refractivity contribution in [2.75, 3.05) is 27.2 Å². The average molecular weight is 234 g/mol. The SMILES string of the molecule is CCC(O)N(C)C.CCCNCCC(=O)O. The van der Waals surface area contributed by atoms with Gasteiger partial charge in [-0.25, -0.2) is 0 Å². The van der Waals surface area contributed by atoms with E-state index in [-0.39, 0.29) is 12.6 Å². The fraction of sp³-hybridized carbons (Fsp3) is 0.909. The zero-order valence-corrected chi connectivity index (χ0v) is 10.9. The summed E-state index contributed by atoms with van der Waals surface area (Å²) >= 11 is 0. The Morgan fingerprint density at radius 3 is 2.12 bits per heavy atom. The molecule has 0 aliphatic rings. The van der Waals surface area contributed by atoms with Gasteiger partial charge in [-0.05, 0) is 33.5 Å². The maximum atomic E-state index is 9.92. The van der Waals surface area contributed by atoms with Crippen LogP contribution in [0.4, 0.5) is 0 Å². The Labute approximate surface area is 98.5 Å². The second-order valence-electron chi connectivity index (χ2n) is 3.75. The maximum absolute atomic E-state index is 9.92. The number of aliphatic hydroxyl groups is 1. The van der Waals surface area contributed by atoms with Crippen molar-refractivity contribution in [3.8, 4) is 0 Å². The summed E-state index contributed by atoms with van der Waals surface area (Å²) in [6, 6.07) is 0. The van der Waals surface area contributed by atoms with Crippen molar-refractivity contribution in [2.45, 2.75) is 39.3 Å². The van der Waals surface area contributed by atoms with E-state index >= 15 is 0 Å². The van der Waals surface area contributed by atoms with Crippen molar-refractivity contribution < 1.29 is 15.0 Å². The normalized spacial score (nSPS) is 11.9. The number of carbonyl (C=O) groups is 1. The summed E-state index contributed by atoms with van der Waals surface area (Å²) in [6.45, 7) is 5.49. The minimum absolute atomic E-state index is 0.222. The van der Waals surface area contributed by atoms with Crippen molar-refractivity contribution in [1.29, 1.82) is 0 Å². The first kappa shape index (κ1) is 17.7. The van der Waals surface area contributed by atoms with Crippen LogP contribution in [0, 0.1) is 0 Å². The van der Waals surface area contributed by atoms with E-state index in [1.54, 1.807) is 4.90 Å². The monoisotopic (exact) mass is 234 g/mol. The number of aliphatic hydroxyl groups excluding tert-OH is 1. The molecule has 98 valence electrons. The van der Waals surface area contributed by atoms with E-state index in [2.05, 4.69) is 5.32 Å². The minimum atomic E-state index is -0.737. The first-order chi connectivity index (χ1) is 7.45. The highest BCUT2D eigenvalue weighted by molar-refractivity contribution is 5.66. The van der Waals surface area contributed by atoms with Gasteiger partial charge < -0.3 is 15.5 Å². The van der Waals surface area contributed by atoms with Crippen molar-refractivity contribution in [1.82, 2.24) is 10.2 Å². The highest BCUT2D eigenvalue weighted by atomic mass is 16.4. The second-order valence-corrected chi connectivity index (χ2v) is 3.75. The summed E-state index contributed by atoms with van der Waals surface area (Å²) in [6.07, 6.45) is 1.81. The van der Waals surface area contributed by atoms with Gasteiger partial charge in [-0.15, -0.1) is 0 Å². The highest BCUT2D eigenvalue weighted by Gasteiger charge is 1.99. The Morgan fingerprint density at radius 2 is 1.88 bits per heavy atom. The largest absolute Gasteiger partial charge is 0.481 e. The van der Waals surface area contributed by atoms with Crippen LogP contribution in [0.25, 0.3) is 0 Å². The number of rotatable bonds is 7. The van der Waals surface area contributed by atoms with E-state index in [0.717, 1.165) is 19.4 Å². The summed E-state index contributed by atoms with van der Waals surface area (Å²) in [4.78, 5) is 11.7. The first-order valence-corrected chi connectivity index (χ1v) is 5.72. The average Bonchev–Trinajstić information content (AvgIpc) is 2.23. The standard InChI is InChI=1S/C6H13NO2.C5H13NO/c1-2-4-7-5-3-6(8)9;1-4-5(7)6(2)3/h7H,2-5H2,1H3,(H,8,9);5,7H,4H2,1-3H3. The zero-order chi connectivity index (χ0) is 13.0. The Kier molecular flexibility index (Phi) is 13.8. The van der Waals surface area contributed by atoms with Gasteiger partial charge in [0.15, 0.2) is 0 Å². The van der Waals surface area contributed by atoms with Crippen molar-refractivity contribution >= 4 is 5.97 Å². The Bertz CT molecular complexity index is 163. The molecule has 0 fully saturated rings. The van der Waals surface area contributed by atoms with Crippen LogP contribution >= 0.6 is 0 Å². The van der Waals surface area contributed by atoms with Crippen LogP contribution in [0.5, 0.6) is 0 Å². The molecular formula is C11H26N2O3. The van der Waals surface area contributed by atoms with Crippen molar-refractivity contribution in [3.63, 3.8) is 0 Å². The molecule has 0 radical (unpaired) electrons. The fourth-order valence-corrected chi connectivity index (χ4v) is 0.862. The number of hydrogen-bond donors (Lipinski definition) is 3. The molecule has 0 aromatic rings. The summed E-state index contributed by atoms with van der Waals surface area (Å²) < 4.78 is 0. The molecule has 1 unspecified atom stereocenters. The van der Waals surface area contributed by atoms with E-state index in [1.807, 2.05) is 27.9 Å². The molecular weight excluding hydrogens is 208 g/mol. The first-order valence-electron chi connectivity index (χ1n) is 5.72. The van der Waals surface area contributed by atoms with Crippen LogP contribution in [0.1, 0.15) is 33.1 Å². The number of nitrogens with zero attached hydrogens (tertiary/aromatic N) is 1.